The predicted octanol–water partition coefficient (Wildman–Crippen LogP) is 6.13. The Morgan fingerprint density at radius 1 is 1.21 bits per heavy atom. The van der Waals surface area contributed by atoms with Crippen molar-refractivity contribution in [2.24, 2.45) is 5.92 Å². The first-order valence-corrected chi connectivity index (χ1v) is 12.4. The molecule has 184 valence electrons. The van der Waals surface area contributed by atoms with Gasteiger partial charge in [-0.15, -0.1) is 0 Å². The molecule has 2 heterocycles. The second kappa shape index (κ2) is 10.5. The van der Waals surface area contributed by atoms with Crippen LogP contribution in [-0.2, 0) is 28.7 Å². The van der Waals surface area contributed by atoms with E-state index in [0.29, 0.717) is 30.2 Å². The van der Waals surface area contributed by atoms with E-state index in [4.69, 9.17) is 9.15 Å². The number of aromatic nitrogens is 1. The number of halogens is 3. The molecule has 1 aliphatic heterocycles. The van der Waals surface area contributed by atoms with E-state index in [2.05, 4.69) is 10.3 Å². The summed E-state index contributed by atoms with van der Waals surface area (Å²) in [5.41, 5.74) is -0.340. The third-order valence-electron chi connectivity index (χ3n) is 6.36. The summed E-state index contributed by atoms with van der Waals surface area (Å²) in [5.74, 6) is 0.666. The molecule has 3 atom stereocenters. The largest absolute Gasteiger partial charge is 0.441 e. The van der Waals surface area contributed by atoms with Gasteiger partial charge in [-0.05, 0) is 43.7 Å². The minimum atomic E-state index is -4.50. The van der Waals surface area contributed by atoms with E-state index in [9.17, 15) is 22.8 Å². The zero-order chi connectivity index (χ0) is 24.3. The van der Waals surface area contributed by atoms with Gasteiger partial charge in [-0.2, -0.15) is 13.2 Å². The molecule has 10 heteroatoms. The molecule has 3 unspecified atom stereocenters. The van der Waals surface area contributed by atoms with Crippen LogP contribution in [0, 0.1) is 5.92 Å². The fourth-order valence-electron chi connectivity index (χ4n) is 4.63. The van der Waals surface area contributed by atoms with Crippen LogP contribution in [0.4, 0.5) is 18.0 Å². The maximum absolute atomic E-state index is 13.4. The van der Waals surface area contributed by atoms with E-state index in [1.54, 1.807) is 0 Å². The molecule has 34 heavy (non-hydrogen) atoms. The van der Waals surface area contributed by atoms with Gasteiger partial charge < -0.3 is 9.15 Å². The second-order valence-corrected chi connectivity index (χ2v) is 9.89. The summed E-state index contributed by atoms with van der Waals surface area (Å²) < 4.78 is 52.1. The number of amides is 2. The first kappa shape index (κ1) is 24.8. The number of hydrogen-bond donors (Lipinski definition) is 1. The summed E-state index contributed by atoms with van der Waals surface area (Å²) in [4.78, 5) is 27.5. The van der Waals surface area contributed by atoms with E-state index in [-0.39, 0.29) is 40.6 Å². The fraction of sp³-hybridized carbons (Fsp3) is 0.542. The molecular formula is C24H27F3N2O4S. The minimum Gasteiger partial charge on any atom is -0.441 e. The lowest BCUT2D eigenvalue weighted by Crippen LogP contribution is -2.26. The van der Waals surface area contributed by atoms with Crippen molar-refractivity contribution in [2.45, 2.75) is 76.0 Å². The Morgan fingerprint density at radius 2 is 2.00 bits per heavy atom. The molecule has 1 saturated heterocycles. The fourth-order valence-corrected chi connectivity index (χ4v) is 5.46. The molecule has 0 radical (unpaired) electrons. The average molecular weight is 497 g/mol. The maximum atomic E-state index is 13.4. The molecule has 1 aliphatic carbocycles. The number of hydrogen-bond acceptors (Lipinski definition) is 6. The number of benzene rings is 1. The highest BCUT2D eigenvalue weighted by Crippen LogP contribution is 2.38. The van der Waals surface area contributed by atoms with Crippen LogP contribution in [-0.4, -0.2) is 27.5 Å². The molecule has 1 saturated carbocycles. The number of ether oxygens (including phenoxy) is 1. The number of nitrogens with zero attached hydrogens (tertiary/aromatic N) is 1. The Kier molecular flexibility index (Phi) is 7.67. The third-order valence-corrected chi connectivity index (χ3v) is 7.41. The number of rotatable bonds is 8. The molecule has 0 bridgehead atoms. The van der Waals surface area contributed by atoms with E-state index >= 15 is 0 Å². The zero-order valence-electron chi connectivity index (χ0n) is 18.8. The molecule has 1 aromatic carbocycles. The standard InChI is InChI=1S/C24H27F3N2O4S/c1-2-19-18(28-22(33-19)16-8-3-4-9-17(16)24(25,26)27)13-32-15-7-5-6-14(12-15)10-11-20-21(30)29-23(31)34-20/h3-4,8-9,14-15,20H,2,5-7,10-13H2,1H3,(H,29,30,31). The highest BCUT2D eigenvalue weighted by Gasteiger charge is 2.35. The van der Waals surface area contributed by atoms with Crippen molar-refractivity contribution in [3.05, 3.63) is 41.3 Å². The summed E-state index contributed by atoms with van der Waals surface area (Å²) in [5, 5.41) is 1.73. The number of alkyl halides is 3. The van der Waals surface area contributed by atoms with Crippen LogP contribution in [0.25, 0.3) is 11.5 Å². The SMILES string of the molecule is CCc1oc(-c2ccccc2C(F)(F)F)nc1COC1CCCC(CCC2SC(=O)NC2=O)C1. The Balaban J connectivity index is 1.37. The van der Waals surface area contributed by atoms with Gasteiger partial charge in [-0.1, -0.05) is 43.7 Å². The van der Waals surface area contributed by atoms with Gasteiger partial charge in [0.1, 0.15) is 11.5 Å². The summed E-state index contributed by atoms with van der Waals surface area (Å²) in [7, 11) is 0. The van der Waals surface area contributed by atoms with Gasteiger partial charge in [-0.3, -0.25) is 14.9 Å². The van der Waals surface area contributed by atoms with Crippen LogP contribution in [0.1, 0.15) is 62.5 Å². The molecular weight excluding hydrogens is 469 g/mol. The van der Waals surface area contributed by atoms with Crippen LogP contribution >= 0.6 is 11.8 Å². The highest BCUT2D eigenvalue weighted by molar-refractivity contribution is 8.15. The summed E-state index contributed by atoms with van der Waals surface area (Å²) in [6.45, 7) is 2.04. The summed E-state index contributed by atoms with van der Waals surface area (Å²) >= 11 is 1.06. The summed E-state index contributed by atoms with van der Waals surface area (Å²) in [6, 6.07) is 5.26. The lowest BCUT2D eigenvalue weighted by Gasteiger charge is -2.29. The third kappa shape index (κ3) is 5.83. The molecule has 1 N–H and O–H groups in total. The number of thioether (sulfide) groups is 1. The van der Waals surface area contributed by atoms with Crippen LogP contribution in [0.2, 0.25) is 0 Å². The lowest BCUT2D eigenvalue weighted by molar-refractivity contribution is -0.137. The Morgan fingerprint density at radius 3 is 2.71 bits per heavy atom. The van der Waals surface area contributed by atoms with Crippen LogP contribution in [0.3, 0.4) is 0 Å². The number of aryl methyl sites for hydroxylation is 1. The quantitative estimate of drug-likeness (QED) is 0.474. The van der Waals surface area contributed by atoms with Crippen LogP contribution in [0.5, 0.6) is 0 Å². The van der Waals surface area contributed by atoms with Gasteiger partial charge in [0.2, 0.25) is 11.8 Å². The van der Waals surface area contributed by atoms with Crippen LogP contribution < -0.4 is 5.32 Å². The molecule has 0 spiro atoms. The normalized spacial score (nSPS) is 23.4. The lowest BCUT2D eigenvalue weighted by atomic mass is 9.84. The Labute approximate surface area is 200 Å². The van der Waals surface area contributed by atoms with Gasteiger partial charge in [-0.25, -0.2) is 4.98 Å². The average Bonchev–Trinajstić information content (AvgIpc) is 3.37. The van der Waals surface area contributed by atoms with E-state index in [1.165, 1.54) is 18.2 Å². The van der Waals surface area contributed by atoms with Crippen molar-refractivity contribution in [1.29, 1.82) is 0 Å². The van der Waals surface area contributed by atoms with E-state index in [1.807, 2.05) is 6.92 Å². The van der Waals surface area contributed by atoms with Crippen molar-refractivity contribution in [3.8, 4) is 11.5 Å². The van der Waals surface area contributed by atoms with E-state index in [0.717, 1.165) is 49.9 Å². The van der Waals surface area contributed by atoms with Gasteiger partial charge in [0.25, 0.3) is 5.24 Å². The first-order valence-electron chi connectivity index (χ1n) is 11.5. The topological polar surface area (TPSA) is 81.4 Å². The van der Waals surface area contributed by atoms with Gasteiger partial charge in [0.05, 0.1) is 23.5 Å². The maximum Gasteiger partial charge on any atom is 0.417 e. The zero-order valence-corrected chi connectivity index (χ0v) is 19.6. The van der Waals surface area contributed by atoms with Crippen molar-refractivity contribution < 1.29 is 31.9 Å². The van der Waals surface area contributed by atoms with Crippen LogP contribution in [0.15, 0.2) is 28.7 Å². The number of carbonyl (C=O) groups excluding carboxylic acids is 2. The molecule has 2 amide bonds. The summed E-state index contributed by atoms with van der Waals surface area (Å²) in [6.07, 6.45) is 1.30. The molecule has 2 aliphatic rings. The second-order valence-electron chi connectivity index (χ2n) is 8.71. The smallest absolute Gasteiger partial charge is 0.417 e. The van der Waals surface area contributed by atoms with Gasteiger partial charge in [0, 0.05) is 12.0 Å². The molecule has 1 aromatic heterocycles. The molecule has 6 nitrogen and oxygen atoms in total. The van der Waals surface area contributed by atoms with Gasteiger partial charge >= 0.3 is 6.18 Å². The van der Waals surface area contributed by atoms with Crippen molar-refractivity contribution in [1.82, 2.24) is 10.3 Å². The molecule has 2 fully saturated rings. The number of imide groups is 1. The first-order chi connectivity index (χ1) is 16.2. The Hall–Kier alpha value is -2.33. The number of carbonyl (C=O) groups is 2. The minimum absolute atomic E-state index is 0.0118. The van der Waals surface area contributed by atoms with Crippen molar-refractivity contribution in [2.75, 3.05) is 0 Å². The number of nitrogens with one attached hydrogen (secondary N) is 1. The predicted molar refractivity (Wildman–Crippen MR) is 121 cm³/mol. The van der Waals surface area contributed by atoms with Gasteiger partial charge in [0.15, 0.2) is 0 Å². The van der Waals surface area contributed by atoms with E-state index < -0.39 is 11.7 Å². The Bertz CT molecular complexity index is 1040. The highest BCUT2D eigenvalue weighted by atomic mass is 32.2. The molecule has 2 aromatic rings. The van der Waals surface area contributed by atoms with Crippen molar-refractivity contribution in [3.63, 3.8) is 0 Å². The number of oxazole rings is 1. The monoisotopic (exact) mass is 496 g/mol. The molecule has 4 rings (SSSR count). The van der Waals surface area contributed by atoms with Crippen molar-refractivity contribution >= 4 is 22.9 Å².